The molecule has 0 heterocycles. The largest absolute Gasteiger partial charge is 0.352 e. The maximum absolute atomic E-state index is 12.8. The number of carbonyl (C=O) groups excluding carboxylic acids is 3. The first-order chi connectivity index (χ1) is 13.5. The summed E-state index contributed by atoms with van der Waals surface area (Å²) >= 11 is 0. The van der Waals surface area contributed by atoms with Crippen molar-refractivity contribution in [2.24, 2.45) is 0 Å². The summed E-state index contributed by atoms with van der Waals surface area (Å²) in [4.78, 5) is 34.9. The van der Waals surface area contributed by atoms with Gasteiger partial charge >= 0.3 is 0 Å². The summed E-state index contributed by atoms with van der Waals surface area (Å²) in [6.45, 7) is 0.422. The molecule has 0 aliphatic carbocycles. The predicted octanol–water partition coefficient (Wildman–Crippen LogP) is 2.41. The summed E-state index contributed by atoms with van der Waals surface area (Å²) in [5, 5.41) is 14.0. The normalized spacial score (nSPS) is 10.2. The number of hydrogen-bond donors (Lipinski definition) is 4. The summed E-state index contributed by atoms with van der Waals surface area (Å²) in [7, 11) is 0. The van der Waals surface area contributed by atoms with Gasteiger partial charge in [0.1, 0.15) is 5.82 Å². The number of carbonyl (C=O) groups is 3. The zero-order chi connectivity index (χ0) is 20.4. The highest BCUT2D eigenvalue weighted by atomic mass is 19.1. The molecule has 0 saturated carbocycles. The van der Waals surface area contributed by atoms with Crippen LogP contribution in [0.15, 0.2) is 48.5 Å². The Morgan fingerprint density at radius 2 is 1.57 bits per heavy atom. The highest BCUT2D eigenvalue weighted by Crippen LogP contribution is 2.11. The average Bonchev–Trinajstić information content (AvgIpc) is 2.69. The average molecular weight is 387 g/mol. The number of unbranched alkanes of at least 4 members (excludes halogenated alkanes) is 1. The lowest BCUT2D eigenvalue weighted by Crippen LogP contribution is -2.24. The van der Waals surface area contributed by atoms with Crippen molar-refractivity contribution >= 4 is 23.4 Å². The molecule has 28 heavy (non-hydrogen) atoms. The summed E-state index contributed by atoms with van der Waals surface area (Å²) in [5.41, 5.74) is 3.27. The van der Waals surface area contributed by atoms with E-state index >= 15 is 0 Å². The monoisotopic (exact) mass is 387 g/mol. The van der Waals surface area contributed by atoms with Crippen LogP contribution in [-0.4, -0.2) is 29.5 Å². The molecule has 3 amide bonds. The number of hydroxylamine groups is 1. The van der Waals surface area contributed by atoms with E-state index in [-0.39, 0.29) is 18.2 Å². The molecule has 8 heteroatoms. The van der Waals surface area contributed by atoms with Crippen molar-refractivity contribution in [2.45, 2.75) is 25.7 Å². The molecule has 2 aromatic rings. The smallest absolute Gasteiger partial charge is 0.251 e. The van der Waals surface area contributed by atoms with E-state index in [0.29, 0.717) is 42.6 Å². The van der Waals surface area contributed by atoms with Crippen molar-refractivity contribution in [2.75, 3.05) is 11.9 Å². The van der Waals surface area contributed by atoms with Gasteiger partial charge < -0.3 is 10.6 Å². The zero-order valence-corrected chi connectivity index (χ0v) is 15.2. The molecule has 0 unspecified atom stereocenters. The first kappa shape index (κ1) is 21.0. The molecular formula is C20H22FN3O4. The third-order valence-corrected chi connectivity index (χ3v) is 3.95. The first-order valence-electron chi connectivity index (χ1n) is 8.83. The van der Waals surface area contributed by atoms with Gasteiger partial charge in [0.15, 0.2) is 0 Å². The second kappa shape index (κ2) is 10.8. The fraction of sp³-hybridized carbons (Fsp3) is 0.250. The van der Waals surface area contributed by atoms with Gasteiger partial charge in [-0.1, -0.05) is 12.1 Å². The van der Waals surface area contributed by atoms with E-state index in [2.05, 4.69) is 10.6 Å². The SMILES string of the molecule is O=C(Cc1ccc(NC(=O)CCCCNC(=O)c2ccc(F)cc2)cc1)NO. The van der Waals surface area contributed by atoms with E-state index in [1.54, 1.807) is 29.7 Å². The lowest BCUT2D eigenvalue weighted by atomic mass is 10.1. The zero-order valence-electron chi connectivity index (χ0n) is 15.2. The predicted molar refractivity (Wildman–Crippen MR) is 101 cm³/mol. The van der Waals surface area contributed by atoms with Gasteiger partial charge in [0.2, 0.25) is 11.8 Å². The molecule has 0 radical (unpaired) electrons. The summed E-state index contributed by atoms with van der Waals surface area (Å²) in [6.07, 6.45) is 1.59. The molecule has 0 fully saturated rings. The highest BCUT2D eigenvalue weighted by molar-refractivity contribution is 5.94. The van der Waals surface area contributed by atoms with E-state index in [0.717, 1.165) is 0 Å². The quantitative estimate of drug-likeness (QED) is 0.301. The van der Waals surface area contributed by atoms with Gasteiger partial charge in [0.05, 0.1) is 6.42 Å². The lowest BCUT2D eigenvalue weighted by molar-refractivity contribution is -0.128. The molecule has 0 aliphatic heterocycles. The molecule has 0 saturated heterocycles. The minimum Gasteiger partial charge on any atom is -0.352 e. The highest BCUT2D eigenvalue weighted by Gasteiger charge is 2.06. The fourth-order valence-electron chi connectivity index (χ4n) is 2.47. The van der Waals surface area contributed by atoms with Gasteiger partial charge in [0.25, 0.3) is 5.91 Å². The maximum Gasteiger partial charge on any atom is 0.251 e. The van der Waals surface area contributed by atoms with Crippen LogP contribution in [0.3, 0.4) is 0 Å². The van der Waals surface area contributed by atoms with Gasteiger partial charge in [-0.25, -0.2) is 9.87 Å². The van der Waals surface area contributed by atoms with Crippen LogP contribution in [0.4, 0.5) is 10.1 Å². The summed E-state index contributed by atoms with van der Waals surface area (Å²) < 4.78 is 12.8. The van der Waals surface area contributed by atoms with E-state index in [1.165, 1.54) is 24.3 Å². The van der Waals surface area contributed by atoms with Crippen molar-refractivity contribution in [1.29, 1.82) is 0 Å². The number of benzene rings is 2. The van der Waals surface area contributed by atoms with Crippen LogP contribution in [0, 0.1) is 5.82 Å². The standard InChI is InChI=1S/C20H22FN3O4/c21-16-8-6-15(7-9-16)20(27)22-12-2-1-3-18(25)23-17-10-4-14(5-11-17)13-19(26)24-28/h4-11,28H,1-3,12-13H2,(H,22,27)(H,23,25)(H,24,26). The minimum absolute atomic E-state index is 0.0500. The van der Waals surface area contributed by atoms with Gasteiger partial charge in [-0.2, -0.15) is 0 Å². The van der Waals surface area contributed by atoms with Gasteiger partial charge in [-0.05, 0) is 54.8 Å². The number of halogens is 1. The Morgan fingerprint density at radius 1 is 0.893 bits per heavy atom. The molecule has 7 nitrogen and oxygen atoms in total. The molecule has 0 bridgehead atoms. The molecule has 0 aliphatic rings. The van der Waals surface area contributed by atoms with E-state index < -0.39 is 11.7 Å². The second-order valence-electron chi connectivity index (χ2n) is 6.18. The molecule has 148 valence electrons. The van der Waals surface area contributed by atoms with Crippen LogP contribution >= 0.6 is 0 Å². The van der Waals surface area contributed by atoms with E-state index in [1.807, 2.05) is 0 Å². The lowest BCUT2D eigenvalue weighted by Gasteiger charge is -2.07. The third kappa shape index (κ3) is 7.16. The van der Waals surface area contributed by atoms with Gasteiger partial charge in [-0.3, -0.25) is 19.6 Å². The van der Waals surface area contributed by atoms with Crippen molar-refractivity contribution in [1.82, 2.24) is 10.8 Å². The Bertz CT molecular complexity index is 807. The van der Waals surface area contributed by atoms with Gasteiger partial charge in [0, 0.05) is 24.2 Å². The van der Waals surface area contributed by atoms with Crippen LogP contribution in [-0.2, 0) is 16.0 Å². The number of anilines is 1. The molecule has 0 atom stereocenters. The van der Waals surface area contributed by atoms with Crippen LogP contribution in [0.1, 0.15) is 35.2 Å². The number of amides is 3. The van der Waals surface area contributed by atoms with Crippen LogP contribution in [0.25, 0.3) is 0 Å². The van der Waals surface area contributed by atoms with Gasteiger partial charge in [-0.15, -0.1) is 0 Å². The van der Waals surface area contributed by atoms with Crippen molar-refractivity contribution < 1.29 is 24.0 Å². The molecule has 0 aromatic heterocycles. The number of hydrogen-bond acceptors (Lipinski definition) is 4. The number of nitrogens with one attached hydrogen (secondary N) is 3. The second-order valence-corrected chi connectivity index (χ2v) is 6.18. The molecule has 4 N–H and O–H groups in total. The summed E-state index contributed by atoms with van der Waals surface area (Å²) in [5.74, 6) is -1.33. The van der Waals surface area contributed by atoms with Crippen LogP contribution in [0.2, 0.25) is 0 Å². The summed E-state index contributed by atoms with van der Waals surface area (Å²) in [6, 6.07) is 12.0. The molecule has 2 rings (SSSR count). The van der Waals surface area contributed by atoms with Crippen molar-refractivity contribution in [3.8, 4) is 0 Å². The van der Waals surface area contributed by atoms with Crippen LogP contribution in [0.5, 0.6) is 0 Å². The molecule has 0 spiro atoms. The molecule has 2 aromatic carbocycles. The third-order valence-electron chi connectivity index (χ3n) is 3.95. The van der Waals surface area contributed by atoms with E-state index in [4.69, 9.17) is 5.21 Å². The first-order valence-corrected chi connectivity index (χ1v) is 8.83. The Morgan fingerprint density at radius 3 is 2.21 bits per heavy atom. The number of rotatable bonds is 9. The maximum atomic E-state index is 12.8. The van der Waals surface area contributed by atoms with E-state index in [9.17, 15) is 18.8 Å². The minimum atomic E-state index is -0.511. The Labute approximate surface area is 161 Å². The van der Waals surface area contributed by atoms with Crippen molar-refractivity contribution in [3.05, 3.63) is 65.5 Å². The Balaban J connectivity index is 1.64. The van der Waals surface area contributed by atoms with Crippen molar-refractivity contribution in [3.63, 3.8) is 0 Å². The Kier molecular flexibility index (Phi) is 8.11. The van der Waals surface area contributed by atoms with Crippen LogP contribution < -0.4 is 16.1 Å². The fourth-order valence-corrected chi connectivity index (χ4v) is 2.47. The molecular weight excluding hydrogens is 365 g/mol. The Hall–Kier alpha value is -3.26. The topological polar surface area (TPSA) is 108 Å².